The normalized spacial score (nSPS) is 18.9. The third kappa shape index (κ3) is 4.78. The van der Waals surface area contributed by atoms with Crippen molar-refractivity contribution in [1.29, 1.82) is 0 Å². The maximum absolute atomic E-state index is 12.5. The van der Waals surface area contributed by atoms with Gasteiger partial charge in [-0.3, -0.25) is 9.69 Å². The molecule has 4 rings (SSSR count). The van der Waals surface area contributed by atoms with Gasteiger partial charge in [0.05, 0.1) is 5.69 Å². The molecular weight excluding hydrogens is 338 g/mol. The predicted molar refractivity (Wildman–Crippen MR) is 105 cm³/mol. The molecule has 0 spiro atoms. The second-order valence-corrected chi connectivity index (χ2v) is 7.86. The van der Waals surface area contributed by atoms with E-state index in [2.05, 4.69) is 9.88 Å². The molecule has 2 heterocycles. The first kappa shape index (κ1) is 18.2. The van der Waals surface area contributed by atoms with Gasteiger partial charge in [0.15, 0.2) is 0 Å². The molecule has 0 radical (unpaired) electrons. The SMILES string of the molecule is O=C(CCC1CCCC1)N1CCN(Cc2coc(-c3ccccc3)n2)CC1. The van der Waals surface area contributed by atoms with Gasteiger partial charge in [0.25, 0.3) is 0 Å². The molecule has 1 aliphatic heterocycles. The van der Waals surface area contributed by atoms with Gasteiger partial charge in [0, 0.05) is 44.7 Å². The molecule has 2 aliphatic rings. The van der Waals surface area contributed by atoms with Crippen LogP contribution < -0.4 is 0 Å². The van der Waals surface area contributed by atoms with E-state index in [0.29, 0.717) is 11.8 Å². The van der Waals surface area contributed by atoms with Crippen molar-refractivity contribution < 1.29 is 9.21 Å². The van der Waals surface area contributed by atoms with Crippen LogP contribution >= 0.6 is 0 Å². The van der Waals surface area contributed by atoms with Crippen molar-refractivity contribution in [2.75, 3.05) is 26.2 Å². The molecule has 0 atom stereocenters. The summed E-state index contributed by atoms with van der Waals surface area (Å²) in [6.07, 6.45) is 8.92. The average Bonchev–Trinajstić information content (AvgIpc) is 3.39. The van der Waals surface area contributed by atoms with Crippen LogP contribution in [0.25, 0.3) is 11.5 Å². The fourth-order valence-corrected chi connectivity index (χ4v) is 4.26. The van der Waals surface area contributed by atoms with Crippen molar-refractivity contribution in [2.24, 2.45) is 5.92 Å². The van der Waals surface area contributed by atoms with Crippen molar-refractivity contribution >= 4 is 5.91 Å². The van der Waals surface area contributed by atoms with Gasteiger partial charge in [-0.25, -0.2) is 4.98 Å². The number of hydrogen-bond acceptors (Lipinski definition) is 4. The monoisotopic (exact) mass is 367 g/mol. The Morgan fingerprint density at radius 2 is 1.81 bits per heavy atom. The molecule has 27 heavy (non-hydrogen) atoms. The number of rotatable bonds is 6. The maximum Gasteiger partial charge on any atom is 0.226 e. The second-order valence-electron chi connectivity index (χ2n) is 7.86. The molecule has 1 aromatic carbocycles. The second kappa shape index (κ2) is 8.70. The van der Waals surface area contributed by atoms with E-state index < -0.39 is 0 Å². The summed E-state index contributed by atoms with van der Waals surface area (Å²) in [5, 5.41) is 0. The number of carbonyl (C=O) groups is 1. The zero-order valence-electron chi connectivity index (χ0n) is 16.0. The summed E-state index contributed by atoms with van der Waals surface area (Å²) in [6.45, 7) is 4.24. The Hall–Kier alpha value is -2.14. The van der Waals surface area contributed by atoms with Gasteiger partial charge in [-0.1, -0.05) is 43.9 Å². The van der Waals surface area contributed by atoms with Crippen LogP contribution in [0, 0.1) is 5.92 Å². The Balaban J connectivity index is 1.22. The highest BCUT2D eigenvalue weighted by Crippen LogP contribution is 2.28. The van der Waals surface area contributed by atoms with E-state index in [9.17, 15) is 4.79 Å². The van der Waals surface area contributed by atoms with Gasteiger partial charge in [0.1, 0.15) is 6.26 Å². The number of benzene rings is 1. The van der Waals surface area contributed by atoms with Crippen LogP contribution in [0.5, 0.6) is 0 Å². The molecule has 0 bridgehead atoms. The lowest BCUT2D eigenvalue weighted by atomic mass is 10.0. The molecule has 2 aromatic rings. The van der Waals surface area contributed by atoms with Gasteiger partial charge in [-0.2, -0.15) is 0 Å². The lowest BCUT2D eigenvalue weighted by molar-refractivity contribution is -0.133. The van der Waals surface area contributed by atoms with E-state index in [1.807, 2.05) is 35.2 Å². The molecule has 1 saturated carbocycles. The topological polar surface area (TPSA) is 49.6 Å². The summed E-state index contributed by atoms with van der Waals surface area (Å²) < 4.78 is 5.63. The van der Waals surface area contributed by atoms with Crippen molar-refractivity contribution in [3.63, 3.8) is 0 Å². The van der Waals surface area contributed by atoms with Crippen molar-refractivity contribution in [2.45, 2.75) is 45.1 Å². The molecule has 5 nitrogen and oxygen atoms in total. The third-order valence-corrected chi connectivity index (χ3v) is 5.92. The third-order valence-electron chi connectivity index (χ3n) is 5.92. The Labute approximate surface area is 161 Å². The van der Waals surface area contributed by atoms with E-state index in [1.54, 1.807) is 6.26 Å². The van der Waals surface area contributed by atoms with E-state index in [0.717, 1.165) is 62.7 Å². The van der Waals surface area contributed by atoms with Gasteiger partial charge in [-0.05, 0) is 24.5 Å². The Morgan fingerprint density at radius 3 is 2.56 bits per heavy atom. The van der Waals surface area contributed by atoms with E-state index >= 15 is 0 Å². The van der Waals surface area contributed by atoms with Crippen LogP contribution in [-0.4, -0.2) is 46.9 Å². The molecule has 1 amide bonds. The smallest absolute Gasteiger partial charge is 0.226 e. The quantitative estimate of drug-likeness (QED) is 0.775. The predicted octanol–water partition coefficient (Wildman–Crippen LogP) is 3.96. The van der Waals surface area contributed by atoms with Crippen molar-refractivity contribution in [1.82, 2.24) is 14.8 Å². The maximum atomic E-state index is 12.5. The van der Waals surface area contributed by atoms with Crippen molar-refractivity contribution in [3.05, 3.63) is 42.3 Å². The average molecular weight is 367 g/mol. The first-order chi connectivity index (χ1) is 13.3. The molecule has 0 N–H and O–H groups in total. The number of nitrogens with zero attached hydrogens (tertiary/aromatic N) is 3. The van der Waals surface area contributed by atoms with Crippen LogP contribution in [0.15, 0.2) is 41.0 Å². The number of aromatic nitrogens is 1. The van der Waals surface area contributed by atoms with Gasteiger partial charge in [0.2, 0.25) is 11.8 Å². The highest BCUT2D eigenvalue weighted by molar-refractivity contribution is 5.76. The number of amides is 1. The Bertz CT molecular complexity index is 729. The van der Waals surface area contributed by atoms with Gasteiger partial charge < -0.3 is 9.32 Å². The molecule has 1 aliphatic carbocycles. The highest BCUT2D eigenvalue weighted by atomic mass is 16.3. The summed E-state index contributed by atoms with van der Waals surface area (Å²) in [5.74, 6) is 1.81. The highest BCUT2D eigenvalue weighted by Gasteiger charge is 2.23. The number of carbonyl (C=O) groups excluding carboxylic acids is 1. The minimum atomic E-state index is 0.342. The van der Waals surface area contributed by atoms with Crippen molar-refractivity contribution in [3.8, 4) is 11.5 Å². The zero-order valence-corrected chi connectivity index (χ0v) is 16.0. The number of oxazole rings is 1. The zero-order chi connectivity index (χ0) is 18.5. The first-order valence-corrected chi connectivity index (χ1v) is 10.3. The lowest BCUT2D eigenvalue weighted by Gasteiger charge is -2.34. The van der Waals surface area contributed by atoms with Crippen LogP contribution in [-0.2, 0) is 11.3 Å². The summed E-state index contributed by atoms with van der Waals surface area (Å²) in [7, 11) is 0. The standard InChI is InChI=1S/C22H29N3O2/c26-21(11-10-18-6-4-5-7-18)25-14-12-24(13-15-25)16-20-17-27-22(23-20)19-8-2-1-3-9-19/h1-3,8-9,17-18H,4-7,10-16H2. The lowest BCUT2D eigenvalue weighted by Crippen LogP contribution is -2.48. The van der Waals surface area contributed by atoms with Crippen LogP contribution in [0.4, 0.5) is 0 Å². The van der Waals surface area contributed by atoms with E-state index in [1.165, 1.54) is 25.7 Å². The molecular formula is C22H29N3O2. The van der Waals surface area contributed by atoms with Gasteiger partial charge >= 0.3 is 0 Å². The molecule has 1 aromatic heterocycles. The Kier molecular flexibility index (Phi) is 5.87. The molecule has 5 heteroatoms. The molecule has 1 saturated heterocycles. The summed E-state index contributed by atoms with van der Waals surface area (Å²) in [4.78, 5) is 21.5. The van der Waals surface area contributed by atoms with Gasteiger partial charge in [-0.15, -0.1) is 0 Å². The van der Waals surface area contributed by atoms with Crippen LogP contribution in [0.1, 0.15) is 44.2 Å². The molecule has 2 fully saturated rings. The van der Waals surface area contributed by atoms with Crippen LogP contribution in [0.2, 0.25) is 0 Å². The minimum absolute atomic E-state index is 0.342. The summed E-state index contributed by atoms with van der Waals surface area (Å²) in [6, 6.07) is 9.98. The van der Waals surface area contributed by atoms with E-state index in [4.69, 9.17) is 4.42 Å². The first-order valence-electron chi connectivity index (χ1n) is 10.3. The summed E-state index contributed by atoms with van der Waals surface area (Å²) >= 11 is 0. The Morgan fingerprint density at radius 1 is 1.07 bits per heavy atom. The van der Waals surface area contributed by atoms with E-state index in [-0.39, 0.29) is 0 Å². The minimum Gasteiger partial charge on any atom is -0.444 e. The van der Waals surface area contributed by atoms with Crippen LogP contribution in [0.3, 0.4) is 0 Å². The molecule has 0 unspecified atom stereocenters. The fourth-order valence-electron chi connectivity index (χ4n) is 4.26. The number of hydrogen-bond donors (Lipinski definition) is 0. The number of piperazine rings is 1. The molecule has 144 valence electrons. The largest absolute Gasteiger partial charge is 0.444 e. The fraction of sp³-hybridized carbons (Fsp3) is 0.545. The summed E-state index contributed by atoms with van der Waals surface area (Å²) in [5.41, 5.74) is 1.95.